The van der Waals surface area contributed by atoms with E-state index < -0.39 is 21.4 Å². The maximum absolute atomic E-state index is 14.3. The highest BCUT2D eigenvalue weighted by atomic mass is 32.2. The van der Waals surface area contributed by atoms with Gasteiger partial charge in [0.15, 0.2) is 0 Å². The Hall–Kier alpha value is -1.92. The Labute approximate surface area is 122 Å². The number of methoxy groups -OCH3 is 1. The maximum atomic E-state index is 14.3. The van der Waals surface area contributed by atoms with Crippen LogP contribution in [0.15, 0.2) is 59.5 Å². The summed E-state index contributed by atoms with van der Waals surface area (Å²) in [5.74, 6) is 0.535. The number of alkyl halides is 1. The average molecular weight is 310 g/mol. The number of ether oxygens (including phenoxy) is 1. The Morgan fingerprint density at radius 3 is 2.14 bits per heavy atom. The lowest BCUT2D eigenvalue weighted by Crippen LogP contribution is -2.24. The molecule has 0 bridgehead atoms. The molecule has 0 saturated carbocycles. The van der Waals surface area contributed by atoms with Crippen LogP contribution < -0.4 is 4.74 Å². The molecule has 0 aliphatic rings. The van der Waals surface area contributed by atoms with E-state index in [2.05, 4.69) is 0 Å². The first-order valence-corrected chi connectivity index (χ1v) is 7.76. The minimum Gasteiger partial charge on any atom is -0.497 e. The van der Waals surface area contributed by atoms with E-state index in [4.69, 9.17) is 4.74 Å². The molecule has 0 radical (unpaired) electrons. The number of aliphatic hydroxyl groups excluding tert-OH is 1. The largest absolute Gasteiger partial charge is 0.497 e. The molecule has 0 aliphatic carbocycles. The summed E-state index contributed by atoms with van der Waals surface area (Å²) in [6.45, 7) is 0. The molecule has 1 N–H and O–H groups in total. The zero-order valence-electron chi connectivity index (χ0n) is 11.3. The van der Waals surface area contributed by atoms with Gasteiger partial charge in [0.1, 0.15) is 11.9 Å². The third kappa shape index (κ3) is 3.22. The molecule has 2 aromatic rings. The summed E-state index contributed by atoms with van der Waals surface area (Å²) in [4.78, 5) is -0.162. The van der Waals surface area contributed by atoms with Crippen LogP contribution in [-0.2, 0) is 9.84 Å². The molecule has 4 nitrogen and oxygen atoms in total. The fourth-order valence-electron chi connectivity index (χ4n) is 1.86. The van der Waals surface area contributed by atoms with Crippen molar-refractivity contribution in [1.82, 2.24) is 0 Å². The molecule has 2 unspecified atom stereocenters. The zero-order chi connectivity index (χ0) is 15.5. The van der Waals surface area contributed by atoms with Gasteiger partial charge in [-0.15, -0.1) is 0 Å². The van der Waals surface area contributed by atoms with E-state index in [9.17, 15) is 17.9 Å². The van der Waals surface area contributed by atoms with Crippen molar-refractivity contribution in [2.75, 3.05) is 7.11 Å². The summed E-state index contributed by atoms with van der Waals surface area (Å²) in [5.41, 5.74) is -2.27. The van der Waals surface area contributed by atoms with Crippen LogP contribution in [0, 0.1) is 0 Å². The number of rotatable bonds is 5. The van der Waals surface area contributed by atoms with Crippen molar-refractivity contribution in [1.29, 1.82) is 0 Å². The van der Waals surface area contributed by atoms with E-state index in [0.29, 0.717) is 5.75 Å². The smallest absolute Gasteiger partial charge is 0.234 e. The number of halogens is 1. The molecule has 0 fully saturated rings. The summed E-state index contributed by atoms with van der Waals surface area (Å²) in [6.07, 6.45) is -1.76. The second-order valence-corrected chi connectivity index (χ2v) is 6.44. The normalized spacial score (nSPS) is 14.4. The highest BCUT2D eigenvalue weighted by Crippen LogP contribution is 2.28. The topological polar surface area (TPSA) is 63.6 Å². The van der Waals surface area contributed by atoms with Gasteiger partial charge in [0.25, 0.3) is 0 Å². The molecular formula is C15H15FO4S. The number of hydrogen-bond donors (Lipinski definition) is 1. The van der Waals surface area contributed by atoms with Gasteiger partial charge in [-0.05, 0) is 29.8 Å². The average Bonchev–Trinajstić information content (AvgIpc) is 2.54. The first-order chi connectivity index (χ1) is 9.96. The lowest BCUT2D eigenvalue weighted by Gasteiger charge is -2.17. The van der Waals surface area contributed by atoms with Crippen molar-refractivity contribution in [3.63, 3.8) is 0 Å². The van der Waals surface area contributed by atoms with Crippen molar-refractivity contribution in [2.24, 2.45) is 0 Å². The SMILES string of the molecule is COc1ccc(C(O)C(F)S(=O)(=O)c2ccccc2)cc1. The molecule has 21 heavy (non-hydrogen) atoms. The van der Waals surface area contributed by atoms with Crippen LogP contribution in [-0.4, -0.2) is 26.1 Å². The van der Waals surface area contributed by atoms with Gasteiger partial charge in [-0.3, -0.25) is 0 Å². The van der Waals surface area contributed by atoms with E-state index in [1.165, 1.54) is 55.6 Å². The lowest BCUT2D eigenvalue weighted by atomic mass is 10.1. The molecule has 112 valence electrons. The molecule has 0 spiro atoms. The van der Waals surface area contributed by atoms with Gasteiger partial charge >= 0.3 is 0 Å². The minimum absolute atomic E-state index is 0.162. The number of benzene rings is 2. The Morgan fingerprint density at radius 1 is 1.05 bits per heavy atom. The molecule has 0 heterocycles. The molecule has 0 amide bonds. The Balaban J connectivity index is 2.27. The Bertz CT molecular complexity index is 683. The highest BCUT2D eigenvalue weighted by Gasteiger charge is 2.34. The molecule has 0 saturated heterocycles. The van der Waals surface area contributed by atoms with Gasteiger partial charge in [-0.1, -0.05) is 30.3 Å². The van der Waals surface area contributed by atoms with E-state index in [1.807, 2.05) is 0 Å². The number of sulfone groups is 1. The van der Waals surface area contributed by atoms with Crippen molar-refractivity contribution < 1.29 is 22.7 Å². The van der Waals surface area contributed by atoms with E-state index in [1.54, 1.807) is 6.07 Å². The standard InChI is InChI=1S/C15H15FO4S/c1-20-12-9-7-11(8-10-12)14(17)15(16)21(18,19)13-5-3-2-4-6-13/h2-10,14-15,17H,1H3. The zero-order valence-corrected chi connectivity index (χ0v) is 12.1. The second-order valence-electron chi connectivity index (χ2n) is 4.43. The second kappa shape index (κ2) is 6.24. The molecule has 6 heteroatoms. The molecule has 0 aliphatic heterocycles. The van der Waals surface area contributed by atoms with Crippen molar-refractivity contribution in [3.05, 3.63) is 60.2 Å². The fraction of sp³-hybridized carbons (Fsp3) is 0.200. The van der Waals surface area contributed by atoms with E-state index in [-0.39, 0.29) is 10.5 Å². The predicted octanol–water partition coefficient (Wildman–Crippen LogP) is 2.50. The quantitative estimate of drug-likeness (QED) is 0.921. The third-order valence-corrected chi connectivity index (χ3v) is 4.85. The van der Waals surface area contributed by atoms with E-state index >= 15 is 0 Å². The van der Waals surface area contributed by atoms with Crippen LogP contribution in [0.3, 0.4) is 0 Å². The van der Waals surface area contributed by atoms with Crippen LogP contribution in [0.2, 0.25) is 0 Å². The monoisotopic (exact) mass is 310 g/mol. The van der Waals surface area contributed by atoms with Gasteiger partial charge in [0.2, 0.25) is 15.3 Å². The van der Waals surface area contributed by atoms with Crippen LogP contribution >= 0.6 is 0 Å². The van der Waals surface area contributed by atoms with Crippen molar-refractivity contribution >= 4 is 9.84 Å². The number of hydrogen-bond acceptors (Lipinski definition) is 4. The van der Waals surface area contributed by atoms with Crippen LogP contribution in [0.4, 0.5) is 4.39 Å². The Morgan fingerprint density at radius 2 is 1.62 bits per heavy atom. The molecular weight excluding hydrogens is 295 g/mol. The van der Waals surface area contributed by atoms with Crippen LogP contribution in [0.1, 0.15) is 11.7 Å². The van der Waals surface area contributed by atoms with Crippen molar-refractivity contribution in [3.8, 4) is 5.75 Å². The minimum atomic E-state index is -4.25. The van der Waals surface area contributed by atoms with Gasteiger partial charge in [0, 0.05) is 0 Å². The van der Waals surface area contributed by atoms with Crippen LogP contribution in [0.25, 0.3) is 0 Å². The fourth-order valence-corrected chi connectivity index (χ4v) is 3.16. The summed E-state index contributed by atoms with van der Waals surface area (Å²) in [6, 6.07) is 13.1. The maximum Gasteiger partial charge on any atom is 0.234 e. The first kappa shape index (κ1) is 15.5. The highest BCUT2D eigenvalue weighted by molar-refractivity contribution is 7.92. The molecule has 0 aromatic heterocycles. The van der Waals surface area contributed by atoms with Gasteiger partial charge < -0.3 is 9.84 Å². The summed E-state index contributed by atoms with van der Waals surface area (Å²) in [5, 5.41) is 9.95. The first-order valence-electron chi connectivity index (χ1n) is 6.22. The van der Waals surface area contributed by atoms with E-state index in [0.717, 1.165) is 0 Å². The molecule has 2 rings (SSSR count). The van der Waals surface area contributed by atoms with Crippen LogP contribution in [0.5, 0.6) is 5.75 Å². The molecule has 2 atom stereocenters. The molecule has 2 aromatic carbocycles. The van der Waals surface area contributed by atoms with Crippen molar-refractivity contribution in [2.45, 2.75) is 16.5 Å². The summed E-state index contributed by atoms with van der Waals surface area (Å²) < 4.78 is 43.4. The summed E-state index contributed by atoms with van der Waals surface area (Å²) in [7, 11) is -2.77. The third-order valence-electron chi connectivity index (χ3n) is 3.07. The lowest BCUT2D eigenvalue weighted by molar-refractivity contribution is 0.119. The van der Waals surface area contributed by atoms with Gasteiger partial charge in [-0.2, -0.15) is 0 Å². The predicted molar refractivity (Wildman–Crippen MR) is 76.5 cm³/mol. The summed E-state index contributed by atoms with van der Waals surface area (Å²) >= 11 is 0. The van der Waals surface area contributed by atoms with Gasteiger partial charge in [0.05, 0.1) is 12.0 Å². The Kier molecular flexibility index (Phi) is 4.59. The van der Waals surface area contributed by atoms with Gasteiger partial charge in [-0.25, -0.2) is 12.8 Å². The number of aliphatic hydroxyl groups is 1.